The van der Waals surface area contributed by atoms with E-state index >= 15 is 0 Å². The Balaban J connectivity index is 1.89. The molecule has 0 saturated carbocycles. The highest BCUT2D eigenvalue weighted by Gasteiger charge is 2.30. The lowest BCUT2D eigenvalue weighted by molar-refractivity contribution is -0.137. The summed E-state index contributed by atoms with van der Waals surface area (Å²) in [6, 6.07) is 5.50. The molecule has 0 aliphatic heterocycles. The second kappa shape index (κ2) is 7.51. The molecule has 6 nitrogen and oxygen atoms in total. The average molecular weight is 411 g/mol. The van der Waals surface area contributed by atoms with Crippen LogP contribution < -0.4 is 10.1 Å². The van der Waals surface area contributed by atoms with E-state index < -0.39 is 17.6 Å². The lowest BCUT2D eigenvalue weighted by Gasteiger charge is -2.12. The van der Waals surface area contributed by atoms with E-state index in [-0.39, 0.29) is 11.4 Å². The maximum atomic E-state index is 12.6. The van der Waals surface area contributed by atoms with Crippen molar-refractivity contribution in [1.82, 2.24) is 14.8 Å². The quantitative estimate of drug-likeness (QED) is 0.691. The van der Waals surface area contributed by atoms with Crippen molar-refractivity contribution in [2.75, 3.05) is 12.4 Å². The van der Waals surface area contributed by atoms with Crippen molar-refractivity contribution < 1.29 is 22.7 Å². The number of nitrogens with zero attached hydrogens (tertiary/aromatic N) is 3. The van der Waals surface area contributed by atoms with Crippen molar-refractivity contribution in [3.05, 3.63) is 58.9 Å². The summed E-state index contributed by atoms with van der Waals surface area (Å²) < 4.78 is 44.7. The summed E-state index contributed by atoms with van der Waals surface area (Å²) in [7, 11) is 3.13. The van der Waals surface area contributed by atoms with E-state index in [0.29, 0.717) is 22.0 Å². The SMILES string of the molecule is COc1ncc(NC(=O)c2ccc(C(F)(F)F)cc2)cc1-c1c(Cl)cnn1C. The number of rotatable bonds is 4. The number of nitrogens with one attached hydrogen (secondary N) is 1. The molecule has 0 saturated heterocycles. The van der Waals surface area contributed by atoms with Crippen molar-refractivity contribution in [2.24, 2.45) is 7.05 Å². The number of aromatic nitrogens is 3. The Bertz CT molecular complexity index is 997. The lowest BCUT2D eigenvalue weighted by atomic mass is 10.1. The number of amides is 1. The van der Waals surface area contributed by atoms with Crippen LogP contribution in [0.15, 0.2) is 42.7 Å². The Morgan fingerprint density at radius 3 is 2.43 bits per heavy atom. The molecule has 1 amide bonds. The maximum absolute atomic E-state index is 12.6. The number of halogens is 4. The highest BCUT2D eigenvalue weighted by Crippen LogP contribution is 2.35. The van der Waals surface area contributed by atoms with Crippen molar-refractivity contribution >= 4 is 23.2 Å². The molecule has 0 bridgehead atoms. The first-order valence-electron chi connectivity index (χ1n) is 7.91. The number of benzene rings is 1. The van der Waals surface area contributed by atoms with Gasteiger partial charge in [0.15, 0.2) is 0 Å². The van der Waals surface area contributed by atoms with Gasteiger partial charge in [-0.15, -0.1) is 0 Å². The highest BCUT2D eigenvalue weighted by molar-refractivity contribution is 6.33. The maximum Gasteiger partial charge on any atom is 0.416 e. The third-order valence-electron chi connectivity index (χ3n) is 3.93. The van der Waals surface area contributed by atoms with Crippen LogP contribution in [-0.2, 0) is 13.2 Å². The van der Waals surface area contributed by atoms with Gasteiger partial charge >= 0.3 is 6.18 Å². The fourth-order valence-electron chi connectivity index (χ4n) is 2.58. The minimum atomic E-state index is -4.47. The van der Waals surface area contributed by atoms with Crippen LogP contribution in [0.1, 0.15) is 15.9 Å². The van der Waals surface area contributed by atoms with Crippen molar-refractivity contribution in [2.45, 2.75) is 6.18 Å². The Morgan fingerprint density at radius 1 is 1.21 bits per heavy atom. The van der Waals surface area contributed by atoms with Gasteiger partial charge in [-0.3, -0.25) is 9.48 Å². The summed E-state index contributed by atoms with van der Waals surface area (Å²) in [5, 5.41) is 7.02. The van der Waals surface area contributed by atoms with Crippen LogP contribution in [0.4, 0.5) is 18.9 Å². The molecule has 10 heteroatoms. The van der Waals surface area contributed by atoms with Gasteiger partial charge in [0.2, 0.25) is 5.88 Å². The number of hydrogen-bond donors (Lipinski definition) is 1. The second-order valence-electron chi connectivity index (χ2n) is 5.77. The van der Waals surface area contributed by atoms with Crippen LogP contribution >= 0.6 is 11.6 Å². The normalized spacial score (nSPS) is 11.4. The Kier molecular flexibility index (Phi) is 5.28. The molecule has 0 radical (unpaired) electrons. The van der Waals surface area contributed by atoms with Crippen LogP contribution in [0.25, 0.3) is 11.3 Å². The summed E-state index contributed by atoms with van der Waals surface area (Å²) in [4.78, 5) is 16.5. The summed E-state index contributed by atoms with van der Waals surface area (Å²) in [6.45, 7) is 0. The molecule has 1 N–H and O–H groups in total. The summed E-state index contributed by atoms with van der Waals surface area (Å²) in [5.74, 6) is -0.305. The Morgan fingerprint density at radius 2 is 1.89 bits per heavy atom. The van der Waals surface area contributed by atoms with Crippen LogP contribution in [-0.4, -0.2) is 27.8 Å². The van der Waals surface area contributed by atoms with E-state index in [1.54, 1.807) is 13.1 Å². The van der Waals surface area contributed by atoms with Gasteiger partial charge in [-0.1, -0.05) is 11.6 Å². The molecular formula is C18H14ClF3N4O2. The minimum absolute atomic E-state index is 0.0731. The largest absolute Gasteiger partial charge is 0.481 e. The Labute approximate surface area is 162 Å². The molecule has 1 aromatic carbocycles. The number of alkyl halides is 3. The zero-order valence-corrected chi connectivity index (χ0v) is 15.5. The number of methoxy groups -OCH3 is 1. The van der Waals surface area contributed by atoms with Gasteiger partial charge in [-0.05, 0) is 30.3 Å². The lowest BCUT2D eigenvalue weighted by Crippen LogP contribution is -2.13. The summed E-state index contributed by atoms with van der Waals surface area (Å²) in [6.07, 6.45) is -1.63. The minimum Gasteiger partial charge on any atom is -0.481 e. The number of aryl methyl sites for hydroxylation is 1. The standard InChI is InChI=1S/C18H14ClF3N4O2/c1-26-15(14(19)9-24-26)13-7-12(8-23-17(13)28-2)25-16(27)10-3-5-11(6-4-10)18(20,21)22/h3-9H,1-2H3,(H,25,27). The van der Waals surface area contributed by atoms with E-state index in [2.05, 4.69) is 15.4 Å². The van der Waals surface area contributed by atoms with E-state index in [4.69, 9.17) is 16.3 Å². The van der Waals surface area contributed by atoms with Gasteiger partial charge in [0, 0.05) is 12.6 Å². The van der Waals surface area contributed by atoms with Crippen LogP contribution in [0.2, 0.25) is 5.02 Å². The molecule has 28 heavy (non-hydrogen) atoms. The number of anilines is 1. The van der Waals surface area contributed by atoms with Gasteiger partial charge in [-0.25, -0.2) is 4.98 Å². The van der Waals surface area contributed by atoms with Gasteiger partial charge < -0.3 is 10.1 Å². The van der Waals surface area contributed by atoms with Gasteiger partial charge in [0.05, 0.1) is 47.0 Å². The van der Waals surface area contributed by atoms with Gasteiger partial charge in [-0.2, -0.15) is 18.3 Å². The van der Waals surface area contributed by atoms with E-state index in [1.165, 1.54) is 24.2 Å². The third kappa shape index (κ3) is 3.94. The number of hydrogen-bond acceptors (Lipinski definition) is 4. The molecule has 0 spiro atoms. The van der Waals surface area contributed by atoms with Crippen LogP contribution in [0, 0.1) is 0 Å². The van der Waals surface area contributed by atoms with E-state index in [1.807, 2.05) is 0 Å². The molecule has 0 atom stereocenters. The third-order valence-corrected chi connectivity index (χ3v) is 4.20. The molecule has 0 aliphatic carbocycles. The summed E-state index contributed by atoms with van der Waals surface area (Å²) in [5.41, 5.74) is 0.597. The number of carbonyl (C=O) groups excluding carboxylic acids is 1. The van der Waals surface area contributed by atoms with Crippen molar-refractivity contribution in [3.8, 4) is 17.1 Å². The predicted octanol–water partition coefficient (Wildman–Crippen LogP) is 4.42. The first-order valence-corrected chi connectivity index (χ1v) is 8.29. The Hall–Kier alpha value is -3.07. The molecule has 0 fully saturated rings. The number of ether oxygens (including phenoxy) is 1. The molecule has 2 aromatic heterocycles. The van der Waals surface area contributed by atoms with Crippen LogP contribution in [0.3, 0.4) is 0 Å². The van der Waals surface area contributed by atoms with Crippen LogP contribution in [0.5, 0.6) is 5.88 Å². The summed E-state index contributed by atoms with van der Waals surface area (Å²) >= 11 is 6.17. The number of pyridine rings is 1. The average Bonchev–Trinajstić information content (AvgIpc) is 2.99. The fraction of sp³-hybridized carbons (Fsp3) is 0.167. The zero-order chi connectivity index (χ0) is 20.5. The molecule has 146 valence electrons. The first kappa shape index (κ1) is 19.7. The molecule has 0 unspecified atom stereocenters. The molecule has 2 heterocycles. The van der Waals surface area contributed by atoms with Gasteiger partial charge in [0.25, 0.3) is 5.91 Å². The van der Waals surface area contributed by atoms with Crippen molar-refractivity contribution in [3.63, 3.8) is 0 Å². The molecule has 3 aromatic rings. The fourth-order valence-corrected chi connectivity index (χ4v) is 2.85. The molecular weight excluding hydrogens is 397 g/mol. The molecule has 0 aliphatic rings. The first-order chi connectivity index (χ1) is 13.2. The number of carbonyl (C=O) groups is 1. The molecule has 3 rings (SSSR count). The smallest absolute Gasteiger partial charge is 0.416 e. The monoisotopic (exact) mass is 410 g/mol. The second-order valence-corrected chi connectivity index (χ2v) is 6.18. The zero-order valence-electron chi connectivity index (χ0n) is 14.7. The van der Waals surface area contributed by atoms with Gasteiger partial charge in [0.1, 0.15) is 0 Å². The van der Waals surface area contributed by atoms with E-state index in [0.717, 1.165) is 24.3 Å². The van der Waals surface area contributed by atoms with Crippen molar-refractivity contribution in [1.29, 1.82) is 0 Å². The topological polar surface area (TPSA) is 69.0 Å². The predicted molar refractivity (Wildman–Crippen MR) is 97.4 cm³/mol. The highest BCUT2D eigenvalue weighted by atomic mass is 35.5. The van der Waals surface area contributed by atoms with E-state index in [9.17, 15) is 18.0 Å².